The van der Waals surface area contributed by atoms with Gasteiger partial charge in [0.2, 0.25) is 0 Å². The number of carbonyl (C=O) groups is 1. The van der Waals surface area contributed by atoms with Crippen LogP contribution in [0.15, 0.2) is 40.7 Å². The number of anilines is 1. The number of hydrogen-bond acceptors (Lipinski definition) is 9. The molecule has 13 heteroatoms. The van der Waals surface area contributed by atoms with Crippen molar-refractivity contribution in [2.24, 2.45) is 0 Å². The predicted octanol–water partition coefficient (Wildman–Crippen LogP) is 7.58. The van der Waals surface area contributed by atoms with Crippen molar-refractivity contribution < 1.29 is 32.5 Å². The van der Waals surface area contributed by atoms with E-state index in [1.807, 2.05) is 6.07 Å². The standard InChI is InChI=1S/C28H32ClF2N3O5S2/c1-28(2,3)39-27(35)33-11-8-18(9-12-33)38-22-15-20(30)25(24(31)23(22)29)41-34(26-32-10-13-40-26)16-17-6-7-19(36-4)14-21(17)37-5/h6-7,10,13-15,18H,8-9,11-12,16H2,1-5H3. The zero-order valence-electron chi connectivity index (χ0n) is 23.4. The minimum atomic E-state index is -0.930. The lowest BCUT2D eigenvalue weighted by Crippen LogP contribution is -2.44. The minimum Gasteiger partial charge on any atom is -0.497 e. The van der Waals surface area contributed by atoms with Gasteiger partial charge in [-0.1, -0.05) is 11.6 Å². The van der Waals surface area contributed by atoms with E-state index in [1.54, 1.807) is 67.9 Å². The summed E-state index contributed by atoms with van der Waals surface area (Å²) in [5.41, 5.74) is 0.170. The number of nitrogens with zero attached hydrogens (tertiary/aromatic N) is 3. The van der Waals surface area contributed by atoms with E-state index < -0.39 is 23.3 Å². The molecule has 0 atom stereocenters. The summed E-state index contributed by atoms with van der Waals surface area (Å²) in [5.74, 6) is -0.650. The van der Waals surface area contributed by atoms with Crippen LogP contribution >= 0.6 is 34.9 Å². The number of thiazole rings is 1. The first-order valence-corrected chi connectivity index (χ1v) is 14.9. The third-order valence-corrected chi connectivity index (χ3v) is 8.45. The van der Waals surface area contributed by atoms with Crippen molar-refractivity contribution in [3.05, 3.63) is 58.1 Å². The van der Waals surface area contributed by atoms with Gasteiger partial charge in [0, 0.05) is 55.2 Å². The Morgan fingerprint density at radius 1 is 1.17 bits per heavy atom. The van der Waals surface area contributed by atoms with Crippen LogP contribution in [-0.2, 0) is 11.3 Å². The highest BCUT2D eigenvalue weighted by molar-refractivity contribution is 8.00. The largest absolute Gasteiger partial charge is 0.497 e. The highest BCUT2D eigenvalue weighted by Gasteiger charge is 2.30. The lowest BCUT2D eigenvalue weighted by Gasteiger charge is -2.33. The van der Waals surface area contributed by atoms with E-state index in [2.05, 4.69) is 4.98 Å². The summed E-state index contributed by atoms with van der Waals surface area (Å²) < 4.78 is 54.7. The van der Waals surface area contributed by atoms with E-state index in [1.165, 1.54) is 11.3 Å². The van der Waals surface area contributed by atoms with Crippen molar-refractivity contribution in [3.63, 3.8) is 0 Å². The molecular formula is C28H32ClF2N3O5S2. The Hall–Kier alpha value is -2.96. The number of aromatic nitrogens is 1. The van der Waals surface area contributed by atoms with Crippen LogP contribution in [0.25, 0.3) is 0 Å². The molecule has 1 amide bonds. The van der Waals surface area contributed by atoms with E-state index in [4.69, 9.17) is 30.5 Å². The molecule has 0 aliphatic carbocycles. The van der Waals surface area contributed by atoms with E-state index in [-0.39, 0.29) is 28.3 Å². The molecule has 0 spiro atoms. The SMILES string of the molecule is COc1ccc(CN(Sc2c(F)cc(OC3CCN(C(=O)OC(C)(C)C)CC3)c(Cl)c2F)c2nccs2)c(OC)c1. The van der Waals surface area contributed by atoms with Gasteiger partial charge in [0.1, 0.15) is 44.7 Å². The summed E-state index contributed by atoms with van der Waals surface area (Å²) in [6.07, 6.45) is 1.79. The summed E-state index contributed by atoms with van der Waals surface area (Å²) >= 11 is 8.53. The molecule has 4 rings (SSSR count). The van der Waals surface area contributed by atoms with E-state index in [0.29, 0.717) is 42.6 Å². The van der Waals surface area contributed by atoms with Crippen molar-refractivity contribution in [2.45, 2.75) is 56.8 Å². The number of carbonyl (C=O) groups excluding carboxylic acids is 1. The normalized spacial score (nSPS) is 14.1. The van der Waals surface area contributed by atoms with Crippen LogP contribution in [0.4, 0.5) is 18.7 Å². The van der Waals surface area contributed by atoms with Crippen molar-refractivity contribution in [2.75, 3.05) is 31.6 Å². The van der Waals surface area contributed by atoms with Gasteiger partial charge in [0.05, 0.1) is 20.8 Å². The van der Waals surface area contributed by atoms with Crippen molar-refractivity contribution >= 4 is 46.1 Å². The highest BCUT2D eigenvalue weighted by Crippen LogP contribution is 2.42. The Labute approximate surface area is 251 Å². The first kappa shape index (κ1) is 31.0. The fraction of sp³-hybridized carbons (Fsp3) is 0.429. The average Bonchev–Trinajstić information content (AvgIpc) is 3.48. The zero-order valence-corrected chi connectivity index (χ0v) is 25.8. The first-order valence-electron chi connectivity index (χ1n) is 12.9. The van der Waals surface area contributed by atoms with Gasteiger partial charge in [0.25, 0.3) is 0 Å². The fourth-order valence-electron chi connectivity index (χ4n) is 4.11. The van der Waals surface area contributed by atoms with E-state index in [0.717, 1.165) is 23.6 Å². The van der Waals surface area contributed by atoms with Crippen LogP contribution < -0.4 is 18.5 Å². The molecule has 0 unspecified atom stereocenters. The quantitative estimate of drug-likeness (QED) is 0.178. The molecule has 1 fully saturated rings. The molecule has 1 saturated heterocycles. The smallest absolute Gasteiger partial charge is 0.410 e. The van der Waals surface area contributed by atoms with Gasteiger partial charge in [-0.3, -0.25) is 4.31 Å². The van der Waals surface area contributed by atoms with Gasteiger partial charge < -0.3 is 23.8 Å². The number of halogens is 3. The lowest BCUT2D eigenvalue weighted by atomic mass is 10.1. The molecule has 8 nitrogen and oxygen atoms in total. The minimum absolute atomic E-state index is 0.0839. The summed E-state index contributed by atoms with van der Waals surface area (Å²) in [5, 5.41) is 2.00. The van der Waals surface area contributed by atoms with Gasteiger partial charge in [0.15, 0.2) is 10.9 Å². The molecular weight excluding hydrogens is 596 g/mol. The van der Waals surface area contributed by atoms with Crippen LogP contribution in [0, 0.1) is 11.6 Å². The van der Waals surface area contributed by atoms with Crippen LogP contribution in [0.2, 0.25) is 5.02 Å². The van der Waals surface area contributed by atoms with Crippen molar-refractivity contribution in [3.8, 4) is 17.2 Å². The van der Waals surface area contributed by atoms with Gasteiger partial charge >= 0.3 is 6.09 Å². The second kappa shape index (κ2) is 13.3. The lowest BCUT2D eigenvalue weighted by molar-refractivity contribution is 0.0126. The zero-order chi connectivity index (χ0) is 29.7. The molecule has 0 radical (unpaired) electrons. The molecule has 222 valence electrons. The van der Waals surface area contributed by atoms with Crippen LogP contribution in [0.1, 0.15) is 39.2 Å². The molecule has 0 saturated carbocycles. The Kier molecular flexibility index (Phi) is 10.1. The topological polar surface area (TPSA) is 73.4 Å². The Morgan fingerprint density at radius 2 is 1.90 bits per heavy atom. The number of hydrogen-bond donors (Lipinski definition) is 0. The Morgan fingerprint density at radius 3 is 2.51 bits per heavy atom. The van der Waals surface area contributed by atoms with Gasteiger partial charge in [-0.05, 0) is 44.9 Å². The molecule has 0 bridgehead atoms. The molecule has 41 heavy (non-hydrogen) atoms. The summed E-state index contributed by atoms with van der Waals surface area (Å²) in [7, 11) is 3.10. The highest BCUT2D eigenvalue weighted by atomic mass is 35.5. The van der Waals surface area contributed by atoms with Crippen LogP contribution in [0.3, 0.4) is 0 Å². The van der Waals surface area contributed by atoms with Gasteiger partial charge in [-0.15, -0.1) is 11.3 Å². The molecule has 1 aliphatic rings. The molecule has 0 N–H and O–H groups in total. The maximum absolute atomic E-state index is 15.6. The second-order valence-electron chi connectivity index (χ2n) is 10.2. The fourth-order valence-corrected chi connectivity index (χ4v) is 6.03. The summed E-state index contributed by atoms with van der Waals surface area (Å²) in [6, 6.07) is 6.44. The first-order chi connectivity index (χ1) is 19.5. The Bertz CT molecular complexity index is 1350. The monoisotopic (exact) mass is 627 g/mol. The van der Waals surface area contributed by atoms with E-state index >= 15 is 8.78 Å². The van der Waals surface area contributed by atoms with E-state index in [9.17, 15) is 4.79 Å². The maximum atomic E-state index is 15.6. The number of likely N-dealkylation sites (tertiary alicyclic amines) is 1. The predicted molar refractivity (Wildman–Crippen MR) is 157 cm³/mol. The molecule has 1 aromatic heterocycles. The van der Waals surface area contributed by atoms with Crippen LogP contribution in [0.5, 0.6) is 17.2 Å². The summed E-state index contributed by atoms with van der Waals surface area (Å²) in [4.78, 5) is 18.0. The van der Waals surface area contributed by atoms with Gasteiger partial charge in [-0.25, -0.2) is 18.6 Å². The molecule has 3 aromatic rings. The number of rotatable bonds is 9. The summed E-state index contributed by atoms with van der Waals surface area (Å²) in [6.45, 7) is 6.44. The number of piperidine rings is 1. The van der Waals surface area contributed by atoms with Crippen molar-refractivity contribution in [1.29, 1.82) is 0 Å². The number of ether oxygens (including phenoxy) is 4. The number of amides is 1. The number of benzene rings is 2. The molecule has 2 heterocycles. The third-order valence-electron chi connectivity index (χ3n) is 6.11. The number of methoxy groups -OCH3 is 2. The van der Waals surface area contributed by atoms with Crippen LogP contribution in [-0.4, -0.2) is 55.0 Å². The third kappa shape index (κ3) is 7.87. The van der Waals surface area contributed by atoms with Gasteiger partial charge in [-0.2, -0.15) is 0 Å². The second-order valence-corrected chi connectivity index (χ2v) is 12.5. The molecule has 1 aliphatic heterocycles. The average molecular weight is 628 g/mol. The van der Waals surface area contributed by atoms with Crippen molar-refractivity contribution in [1.82, 2.24) is 9.88 Å². The Balaban J connectivity index is 1.49. The maximum Gasteiger partial charge on any atom is 0.410 e. The molecule has 2 aromatic carbocycles.